The summed E-state index contributed by atoms with van der Waals surface area (Å²) in [6, 6.07) is 4.36. The van der Waals surface area contributed by atoms with Crippen LogP contribution in [0.2, 0.25) is 0 Å². The number of anilines is 1. The quantitative estimate of drug-likeness (QED) is 0.921. The molecular weight excluding hydrogens is 270 g/mol. The average molecular weight is 289 g/mol. The molecule has 3 rings (SSSR count). The maximum absolute atomic E-state index is 5.97. The Morgan fingerprint density at radius 3 is 2.55 bits per heavy atom. The van der Waals surface area contributed by atoms with Crippen LogP contribution in [0.15, 0.2) is 35.3 Å². The molecule has 6 heteroatoms. The number of aromatic nitrogens is 2. The third kappa shape index (κ3) is 2.82. The van der Waals surface area contributed by atoms with Crippen LogP contribution in [-0.4, -0.2) is 47.6 Å². The van der Waals surface area contributed by atoms with Crippen molar-refractivity contribution in [3.8, 4) is 0 Å². The summed E-state index contributed by atoms with van der Waals surface area (Å²) in [4.78, 5) is 13.3. The molecule has 0 aromatic carbocycles. The van der Waals surface area contributed by atoms with E-state index in [4.69, 9.17) is 5.73 Å². The van der Waals surface area contributed by atoms with Crippen molar-refractivity contribution in [1.82, 2.24) is 14.9 Å². The predicted octanol–water partition coefficient (Wildman–Crippen LogP) is 1.36. The standard InChI is InChI=1S/C14H19N5S/c15-10-13(12-2-9-20-11-12)18-5-7-19(8-6-18)14-16-3-1-4-17-14/h1-4,9,11,13H,5-8,10,15H2. The maximum Gasteiger partial charge on any atom is 0.225 e. The van der Waals surface area contributed by atoms with Gasteiger partial charge in [0.15, 0.2) is 0 Å². The van der Waals surface area contributed by atoms with Crippen molar-refractivity contribution in [2.24, 2.45) is 5.73 Å². The van der Waals surface area contributed by atoms with Crippen LogP contribution in [0.1, 0.15) is 11.6 Å². The second kappa shape index (κ2) is 6.30. The first-order valence-corrected chi connectivity index (χ1v) is 7.81. The van der Waals surface area contributed by atoms with Crippen LogP contribution >= 0.6 is 11.3 Å². The Kier molecular flexibility index (Phi) is 4.25. The fourth-order valence-corrected chi connectivity index (χ4v) is 3.36. The summed E-state index contributed by atoms with van der Waals surface area (Å²) >= 11 is 1.73. The van der Waals surface area contributed by atoms with Crippen molar-refractivity contribution in [2.75, 3.05) is 37.6 Å². The molecule has 2 aromatic rings. The van der Waals surface area contributed by atoms with Gasteiger partial charge in [-0.1, -0.05) is 0 Å². The molecule has 20 heavy (non-hydrogen) atoms. The Labute approximate surface area is 123 Å². The lowest BCUT2D eigenvalue weighted by molar-refractivity contribution is 0.190. The van der Waals surface area contributed by atoms with Gasteiger partial charge in [0.2, 0.25) is 5.95 Å². The zero-order valence-corrected chi connectivity index (χ0v) is 12.2. The second-order valence-corrected chi connectivity index (χ2v) is 5.66. The fourth-order valence-electron chi connectivity index (χ4n) is 2.65. The van der Waals surface area contributed by atoms with E-state index in [1.165, 1.54) is 5.56 Å². The lowest BCUT2D eigenvalue weighted by Crippen LogP contribution is -2.49. The van der Waals surface area contributed by atoms with Crippen LogP contribution in [-0.2, 0) is 0 Å². The average Bonchev–Trinajstić information content (AvgIpc) is 3.04. The monoisotopic (exact) mass is 289 g/mol. The summed E-state index contributed by atoms with van der Waals surface area (Å²) in [7, 11) is 0. The van der Waals surface area contributed by atoms with E-state index >= 15 is 0 Å². The Balaban J connectivity index is 1.63. The molecule has 2 aromatic heterocycles. The number of rotatable bonds is 4. The molecule has 1 saturated heterocycles. The summed E-state index contributed by atoms with van der Waals surface area (Å²) in [5.74, 6) is 0.826. The summed E-state index contributed by atoms with van der Waals surface area (Å²) in [5.41, 5.74) is 7.30. The molecule has 0 spiro atoms. The normalized spacial score (nSPS) is 18.1. The predicted molar refractivity (Wildman–Crippen MR) is 81.9 cm³/mol. The minimum absolute atomic E-state index is 0.333. The first-order chi connectivity index (χ1) is 9.88. The van der Waals surface area contributed by atoms with E-state index in [1.54, 1.807) is 23.7 Å². The highest BCUT2D eigenvalue weighted by atomic mass is 32.1. The topological polar surface area (TPSA) is 58.3 Å². The van der Waals surface area contributed by atoms with Crippen molar-refractivity contribution in [3.05, 3.63) is 40.8 Å². The fraction of sp³-hybridized carbons (Fsp3) is 0.429. The molecule has 3 heterocycles. The molecule has 0 radical (unpaired) electrons. The van der Waals surface area contributed by atoms with Gasteiger partial charge in [-0.15, -0.1) is 0 Å². The number of hydrogen-bond acceptors (Lipinski definition) is 6. The van der Waals surface area contributed by atoms with Crippen LogP contribution < -0.4 is 10.6 Å². The van der Waals surface area contributed by atoms with Crippen molar-refractivity contribution >= 4 is 17.3 Å². The molecule has 0 saturated carbocycles. The van der Waals surface area contributed by atoms with Gasteiger partial charge in [0.1, 0.15) is 0 Å². The molecule has 2 N–H and O–H groups in total. The van der Waals surface area contributed by atoms with Crippen LogP contribution in [0.25, 0.3) is 0 Å². The van der Waals surface area contributed by atoms with Gasteiger partial charge in [0.25, 0.3) is 0 Å². The van der Waals surface area contributed by atoms with Crippen LogP contribution in [0.4, 0.5) is 5.95 Å². The number of nitrogens with two attached hydrogens (primary N) is 1. The summed E-state index contributed by atoms with van der Waals surface area (Å²) in [5, 5.41) is 4.32. The van der Waals surface area contributed by atoms with Gasteiger partial charge in [-0.25, -0.2) is 9.97 Å². The minimum Gasteiger partial charge on any atom is -0.338 e. The van der Waals surface area contributed by atoms with Crippen LogP contribution in [0, 0.1) is 0 Å². The van der Waals surface area contributed by atoms with Crippen molar-refractivity contribution in [1.29, 1.82) is 0 Å². The van der Waals surface area contributed by atoms with Gasteiger partial charge >= 0.3 is 0 Å². The lowest BCUT2D eigenvalue weighted by Gasteiger charge is -2.38. The molecule has 0 aliphatic carbocycles. The summed E-state index contributed by atoms with van der Waals surface area (Å²) in [6.07, 6.45) is 3.59. The number of nitrogens with zero attached hydrogens (tertiary/aromatic N) is 4. The lowest BCUT2D eigenvalue weighted by atomic mass is 10.1. The highest BCUT2D eigenvalue weighted by Gasteiger charge is 2.25. The maximum atomic E-state index is 5.97. The largest absolute Gasteiger partial charge is 0.338 e. The smallest absolute Gasteiger partial charge is 0.225 e. The zero-order chi connectivity index (χ0) is 13.8. The molecule has 1 aliphatic heterocycles. The Morgan fingerprint density at radius 1 is 1.20 bits per heavy atom. The first-order valence-electron chi connectivity index (χ1n) is 6.86. The van der Waals surface area contributed by atoms with Gasteiger partial charge in [-0.2, -0.15) is 11.3 Å². The van der Waals surface area contributed by atoms with Crippen LogP contribution in [0.3, 0.4) is 0 Å². The molecule has 0 amide bonds. The number of hydrogen-bond donors (Lipinski definition) is 1. The molecule has 5 nitrogen and oxygen atoms in total. The zero-order valence-electron chi connectivity index (χ0n) is 11.4. The van der Waals surface area contributed by atoms with Crippen molar-refractivity contribution in [2.45, 2.75) is 6.04 Å². The van der Waals surface area contributed by atoms with E-state index in [-0.39, 0.29) is 0 Å². The van der Waals surface area contributed by atoms with E-state index in [9.17, 15) is 0 Å². The van der Waals surface area contributed by atoms with E-state index in [0.29, 0.717) is 12.6 Å². The molecule has 1 atom stereocenters. The minimum atomic E-state index is 0.333. The molecule has 106 valence electrons. The highest BCUT2D eigenvalue weighted by molar-refractivity contribution is 7.07. The molecule has 1 fully saturated rings. The highest BCUT2D eigenvalue weighted by Crippen LogP contribution is 2.23. The Morgan fingerprint density at radius 2 is 1.95 bits per heavy atom. The van der Waals surface area contributed by atoms with Gasteiger partial charge in [0.05, 0.1) is 0 Å². The Hall–Kier alpha value is -1.50. The van der Waals surface area contributed by atoms with E-state index in [0.717, 1.165) is 32.1 Å². The first kappa shape index (κ1) is 13.5. The molecule has 1 unspecified atom stereocenters. The van der Waals surface area contributed by atoms with E-state index < -0.39 is 0 Å². The van der Waals surface area contributed by atoms with E-state index in [1.807, 2.05) is 6.07 Å². The summed E-state index contributed by atoms with van der Waals surface area (Å²) < 4.78 is 0. The third-order valence-electron chi connectivity index (χ3n) is 3.74. The molecule has 0 bridgehead atoms. The van der Waals surface area contributed by atoms with Gasteiger partial charge in [-0.05, 0) is 28.5 Å². The van der Waals surface area contributed by atoms with Gasteiger partial charge < -0.3 is 10.6 Å². The van der Waals surface area contributed by atoms with Gasteiger partial charge in [-0.3, -0.25) is 4.90 Å². The molecular formula is C14H19N5S. The summed E-state index contributed by atoms with van der Waals surface area (Å²) in [6.45, 7) is 4.56. The van der Waals surface area contributed by atoms with Crippen molar-refractivity contribution < 1.29 is 0 Å². The SMILES string of the molecule is NCC(c1ccsc1)N1CCN(c2ncccn2)CC1. The van der Waals surface area contributed by atoms with Crippen molar-refractivity contribution in [3.63, 3.8) is 0 Å². The Bertz CT molecular complexity index is 508. The second-order valence-electron chi connectivity index (χ2n) is 4.88. The molecule has 1 aliphatic rings. The number of thiophene rings is 1. The van der Waals surface area contributed by atoms with Gasteiger partial charge in [0, 0.05) is 51.2 Å². The van der Waals surface area contributed by atoms with Crippen LogP contribution in [0.5, 0.6) is 0 Å². The third-order valence-corrected chi connectivity index (χ3v) is 4.44. The van der Waals surface area contributed by atoms with E-state index in [2.05, 4.69) is 36.6 Å². The number of piperazine rings is 1.